The van der Waals surface area contributed by atoms with Gasteiger partial charge in [0.2, 0.25) is 0 Å². The van der Waals surface area contributed by atoms with E-state index in [1.54, 1.807) is 6.07 Å². The fraction of sp³-hybridized carbons (Fsp3) is 0.741. The number of aliphatic hydroxyl groups is 1. The van der Waals surface area contributed by atoms with Crippen LogP contribution < -0.4 is 0 Å². The molecule has 34 heavy (non-hydrogen) atoms. The molecule has 1 N–H and O–H groups in total. The van der Waals surface area contributed by atoms with Crippen molar-refractivity contribution in [1.82, 2.24) is 15.0 Å². The standard InChI is InChI=1S/C27H35F2N3O2/c1-26-10-8-19-18-9-11-27(34,15-28)13-16(18)2-4-20(19)21(26)5-6-22(26)25(33)14-32-30-23-7-3-17(29)12-24(23)31-32/h3,7,12,16,18-22,34H,2,4-6,8-11,13-15H2,1H3/t16?,18?,19-,20-,21+,22-,26?,27-/m1/s1. The molecule has 0 radical (unpaired) electrons. The van der Waals surface area contributed by atoms with E-state index in [4.69, 9.17) is 0 Å². The molecule has 5 nitrogen and oxygen atoms in total. The van der Waals surface area contributed by atoms with Crippen LogP contribution in [0.3, 0.4) is 0 Å². The Morgan fingerprint density at radius 1 is 1.06 bits per heavy atom. The first-order valence-electron chi connectivity index (χ1n) is 13.1. The van der Waals surface area contributed by atoms with Crippen molar-refractivity contribution >= 4 is 16.8 Å². The lowest BCUT2D eigenvalue weighted by molar-refractivity contribution is -0.134. The molecular formula is C27H35F2N3O2. The minimum absolute atomic E-state index is 0.0120. The second kappa shape index (κ2) is 8.07. The van der Waals surface area contributed by atoms with Gasteiger partial charge in [0, 0.05) is 12.0 Å². The van der Waals surface area contributed by atoms with Crippen molar-refractivity contribution in [2.75, 3.05) is 6.67 Å². The zero-order valence-corrected chi connectivity index (χ0v) is 19.9. The van der Waals surface area contributed by atoms with Crippen LogP contribution in [0.4, 0.5) is 8.78 Å². The molecule has 0 spiro atoms. The molecule has 4 saturated carbocycles. The third-order valence-corrected chi connectivity index (χ3v) is 10.4. The zero-order chi connectivity index (χ0) is 23.7. The van der Waals surface area contributed by atoms with Crippen molar-refractivity contribution in [1.29, 1.82) is 0 Å². The summed E-state index contributed by atoms with van der Waals surface area (Å²) in [6.07, 6.45) is 8.60. The largest absolute Gasteiger partial charge is 0.387 e. The summed E-state index contributed by atoms with van der Waals surface area (Å²) < 4.78 is 26.9. The second-order valence-electron chi connectivity index (χ2n) is 12.0. The maximum Gasteiger partial charge on any atom is 0.159 e. The van der Waals surface area contributed by atoms with Gasteiger partial charge in [0.25, 0.3) is 0 Å². The number of ketones is 1. The van der Waals surface area contributed by atoms with E-state index in [9.17, 15) is 18.7 Å². The molecule has 184 valence electrons. The van der Waals surface area contributed by atoms with Gasteiger partial charge >= 0.3 is 0 Å². The number of rotatable bonds is 4. The van der Waals surface area contributed by atoms with Gasteiger partial charge in [-0.1, -0.05) is 6.92 Å². The first-order valence-corrected chi connectivity index (χ1v) is 13.1. The number of alkyl halides is 1. The summed E-state index contributed by atoms with van der Waals surface area (Å²) in [5.41, 5.74) is -0.000999. The Balaban J connectivity index is 1.17. The van der Waals surface area contributed by atoms with Gasteiger partial charge in [0.05, 0.1) is 5.60 Å². The van der Waals surface area contributed by atoms with Gasteiger partial charge in [-0.2, -0.15) is 15.0 Å². The minimum Gasteiger partial charge on any atom is -0.387 e. The Labute approximate surface area is 199 Å². The Kier molecular flexibility index (Phi) is 5.36. The summed E-state index contributed by atoms with van der Waals surface area (Å²) in [4.78, 5) is 14.9. The van der Waals surface area contributed by atoms with Crippen molar-refractivity contribution in [3.05, 3.63) is 24.0 Å². The molecule has 0 saturated heterocycles. The first-order chi connectivity index (χ1) is 16.3. The van der Waals surface area contributed by atoms with Crippen LogP contribution in [-0.2, 0) is 11.3 Å². The van der Waals surface area contributed by atoms with E-state index in [0.29, 0.717) is 53.5 Å². The van der Waals surface area contributed by atoms with Crippen LogP contribution >= 0.6 is 0 Å². The fourth-order valence-electron chi connectivity index (χ4n) is 8.87. The van der Waals surface area contributed by atoms with Crippen LogP contribution in [0.5, 0.6) is 0 Å². The first kappa shape index (κ1) is 22.6. The predicted octanol–water partition coefficient (Wildman–Crippen LogP) is 5.11. The van der Waals surface area contributed by atoms with Crippen LogP contribution in [-0.4, -0.2) is 38.2 Å². The molecule has 4 fully saturated rings. The van der Waals surface area contributed by atoms with E-state index in [2.05, 4.69) is 17.1 Å². The third-order valence-electron chi connectivity index (χ3n) is 10.4. The number of Topliss-reactive ketones (excluding diaryl/α,β-unsaturated/α-hetero) is 1. The SMILES string of the molecule is CC12CC[C@@H]3C4CC[C@](O)(CF)CC4CC[C@H]3[C@@H]1CC[C@@H]2C(=O)Cn1nc2ccc(F)cc2n1. The zero-order valence-electron chi connectivity index (χ0n) is 19.9. The number of carbonyl (C=O) groups excluding carboxylic acids is 1. The molecule has 1 heterocycles. The molecule has 2 aromatic rings. The quantitative estimate of drug-likeness (QED) is 0.673. The van der Waals surface area contributed by atoms with Gasteiger partial charge in [-0.3, -0.25) is 4.79 Å². The molecule has 8 atom stereocenters. The van der Waals surface area contributed by atoms with Gasteiger partial charge in [0.15, 0.2) is 5.78 Å². The highest BCUT2D eigenvalue weighted by molar-refractivity contribution is 5.82. The number of aromatic nitrogens is 3. The fourth-order valence-corrected chi connectivity index (χ4v) is 8.87. The molecule has 6 rings (SSSR count). The average Bonchev–Trinajstić information content (AvgIpc) is 3.38. The van der Waals surface area contributed by atoms with Crippen molar-refractivity contribution in [2.24, 2.45) is 40.9 Å². The molecule has 0 bridgehead atoms. The topological polar surface area (TPSA) is 68.0 Å². The summed E-state index contributed by atoms with van der Waals surface area (Å²) in [6, 6.07) is 4.32. The monoisotopic (exact) mass is 471 g/mol. The molecule has 4 aliphatic carbocycles. The van der Waals surface area contributed by atoms with Gasteiger partial charge in [-0.05, 0) is 105 Å². The Morgan fingerprint density at radius 2 is 1.85 bits per heavy atom. The number of halogens is 2. The smallest absolute Gasteiger partial charge is 0.159 e. The predicted molar refractivity (Wildman–Crippen MR) is 124 cm³/mol. The molecule has 1 aromatic heterocycles. The Hall–Kier alpha value is -1.89. The summed E-state index contributed by atoms with van der Waals surface area (Å²) in [7, 11) is 0. The van der Waals surface area contributed by atoms with E-state index in [1.807, 2.05) is 0 Å². The van der Waals surface area contributed by atoms with Gasteiger partial charge in [-0.15, -0.1) is 0 Å². The summed E-state index contributed by atoms with van der Waals surface area (Å²) in [5, 5.41) is 19.3. The molecule has 1 aromatic carbocycles. The van der Waals surface area contributed by atoms with Crippen LogP contribution in [0.2, 0.25) is 0 Å². The van der Waals surface area contributed by atoms with Crippen molar-refractivity contribution in [3.63, 3.8) is 0 Å². The third kappa shape index (κ3) is 3.52. The highest BCUT2D eigenvalue weighted by atomic mass is 19.1. The van der Waals surface area contributed by atoms with Crippen LogP contribution in [0.1, 0.15) is 64.7 Å². The van der Waals surface area contributed by atoms with E-state index < -0.39 is 12.3 Å². The van der Waals surface area contributed by atoms with Gasteiger partial charge in [0.1, 0.15) is 30.1 Å². The maximum absolute atomic E-state index is 13.5. The lowest BCUT2D eigenvalue weighted by Crippen LogP contribution is -2.52. The van der Waals surface area contributed by atoms with Gasteiger partial charge in [-0.25, -0.2) is 8.78 Å². The average molecular weight is 472 g/mol. The van der Waals surface area contributed by atoms with Gasteiger partial charge < -0.3 is 5.11 Å². The van der Waals surface area contributed by atoms with E-state index >= 15 is 0 Å². The summed E-state index contributed by atoms with van der Waals surface area (Å²) >= 11 is 0. The van der Waals surface area contributed by atoms with Crippen LogP contribution in [0.25, 0.3) is 11.0 Å². The number of carbonyl (C=O) groups is 1. The molecule has 3 unspecified atom stereocenters. The highest BCUT2D eigenvalue weighted by Crippen LogP contribution is 2.64. The summed E-state index contributed by atoms with van der Waals surface area (Å²) in [5.74, 6) is 2.77. The van der Waals surface area contributed by atoms with E-state index in [0.717, 1.165) is 44.9 Å². The number of benzene rings is 1. The lowest BCUT2D eigenvalue weighted by atomic mass is 9.49. The van der Waals surface area contributed by atoms with Crippen molar-refractivity contribution in [2.45, 2.75) is 76.9 Å². The van der Waals surface area contributed by atoms with Crippen molar-refractivity contribution in [3.8, 4) is 0 Å². The summed E-state index contributed by atoms with van der Waals surface area (Å²) in [6.45, 7) is 1.86. The highest BCUT2D eigenvalue weighted by Gasteiger charge is 2.59. The number of fused-ring (bicyclic) bond motifs is 6. The Morgan fingerprint density at radius 3 is 2.68 bits per heavy atom. The maximum atomic E-state index is 13.5. The molecule has 0 amide bonds. The van der Waals surface area contributed by atoms with E-state index in [1.165, 1.54) is 16.9 Å². The number of nitrogens with zero attached hydrogens (tertiary/aromatic N) is 3. The minimum atomic E-state index is -1.10. The molecule has 7 heteroatoms. The van der Waals surface area contributed by atoms with E-state index in [-0.39, 0.29) is 29.5 Å². The molecule has 4 aliphatic rings. The van der Waals surface area contributed by atoms with Crippen LogP contribution in [0, 0.1) is 46.7 Å². The van der Waals surface area contributed by atoms with Crippen molar-refractivity contribution < 1.29 is 18.7 Å². The molecule has 0 aliphatic heterocycles. The number of hydrogen-bond acceptors (Lipinski definition) is 4. The second-order valence-corrected chi connectivity index (χ2v) is 12.0. The van der Waals surface area contributed by atoms with Crippen LogP contribution in [0.15, 0.2) is 18.2 Å². The Bertz CT molecular complexity index is 1100. The number of hydrogen-bond donors (Lipinski definition) is 1. The molecular weight excluding hydrogens is 436 g/mol. The normalized spacial score (nSPS) is 41.6. The lowest BCUT2D eigenvalue weighted by Gasteiger charge is -2.56.